The van der Waals surface area contributed by atoms with Crippen LogP contribution >= 0.6 is 0 Å². The summed E-state index contributed by atoms with van der Waals surface area (Å²) < 4.78 is 47.5. The lowest BCUT2D eigenvalue weighted by atomic mass is 10.1. The number of oxazole rings is 1. The summed E-state index contributed by atoms with van der Waals surface area (Å²) in [5, 5.41) is 17.5. The van der Waals surface area contributed by atoms with E-state index in [1.54, 1.807) is 56.0 Å². The average Bonchev–Trinajstić information content (AvgIpc) is 3.79. The zero-order valence-electron chi connectivity index (χ0n) is 28.7. The fourth-order valence-corrected chi connectivity index (χ4v) is 5.70. The van der Waals surface area contributed by atoms with E-state index in [0.717, 1.165) is 5.56 Å². The first-order valence-electron chi connectivity index (χ1n) is 15.8. The minimum Gasteiger partial charge on any atom is -0.497 e. The Kier molecular flexibility index (Phi) is 9.62. The lowest BCUT2D eigenvalue weighted by Crippen LogP contribution is -2.25. The van der Waals surface area contributed by atoms with Gasteiger partial charge in [-0.25, -0.2) is 14.2 Å². The Bertz CT molecular complexity index is 2260. The zero-order chi connectivity index (χ0) is 36.4. The van der Waals surface area contributed by atoms with Crippen molar-refractivity contribution < 1.29 is 42.5 Å². The van der Waals surface area contributed by atoms with Gasteiger partial charge in [-0.2, -0.15) is 5.10 Å². The number of rotatable bonds is 13. The van der Waals surface area contributed by atoms with Crippen LogP contribution in [0.3, 0.4) is 0 Å². The number of nitrogens with one attached hydrogen (secondary N) is 1. The molecule has 0 atom stereocenters. The van der Waals surface area contributed by atoms with Crippen LogP contribution in [0.1, 0.15) is 50.5 Å². The van der Waals surface area contributed by atoms with Gasteiger partial charge < -0.3 is 38.2 Å². The van der Waals surface area contributed by atoms with Crippen molar-refractivity contribution in [2.24, 2.45) is 0 Å². The Labute approximate surface area is 291 Å². The molecule has 264 valence electrons. The molecule has 51 heavy (non-hydrogen) atoms. The Morgan fingerprint density at radius 1 is 1.02 bits per heavy atom. The maximum atomic E-state index is 16.7. The number of carboxylic acid groups (broad SMARTS) is 1. The first-order valence-corrected chi connectivity index (χ1v) is 15.8. The van der Waals surface area contributed by atoms with Crippen molar-refractivity contribution in [2.75, 3.05) is 21.3 Å². The van der Waals surface area contributed by atoms with E-state index in [0.29, 0.717) is 46.5 Å². The van der Waals surface area contributed by atoms with Crippen LogP contribution in [0.4, 0.5) is 4.39 Å². The van der Waals surface area contributed by atoms with Crippen molar-refractivity contribution in [2.45, 2.75) is 40.5 Å². The van der Waals surface area contributed by atoms with Gasteiger partial charge in [-0.15, -0.1) is 0 Å². The summed E-state index contributed by atoms with van der Waals surface area (Å²) in [5.41, 5.74) is 1.82. The average molecular weight is 699 g/mol. The second-order valence-electron chi connectivity index (χ2n) is 11.4. The normalized spacial score (nSPS) is 11.1. The number of carbonyl (C=O) groups excluding carboxylic acids is 1. The summed E-state index contributed by atoms with van der Waals surface area (Å²) in [7, 11) is 4.59. The first kappa shape index (κ1) is 34.5. The Morgan fingerprint density at radius 2 is 1.75 bits per heavy atom. The molecule has 4 aromatic heterocycles. The summed E-state index contributed by atoms with van der Waals surface area (Å²) in [6.07, 6.45) is 2.83. The number of fused-ring (bicyclic) bond motifs is 1. The molecule has 6 rings (SSSR count). The number of nitrogens with zero attached hydrogens (tertiary/aromatic N) is 5. The fourth-order valence-electron chi connectivity index (χ4n) is 5.70. The monoisotopic (exact) mass is 698 g/mol. The third kappa shape index (κ3) is 6.52. The summed E-state index contributed by atoms with van der Waals surface area (Å²) in [4.78, 5) is 35.1. The number of amides is 1. The predicted molar refractivity (Wildman–Crippen MR) is 182 cm³/mol. The third-order valence-electron chi connectivity index (χ3n) is 8.21. The topological polar surface area (TPSA) is 164 Å². The fraction of sp³-hybridized carbons (Fsp3) is 0.250. The molecule has 0 saturated carbocycles. The standard InChI is InChI=1S/C36H35FN6O8/c1-7-43-31(32(20(3)41-43)50-18-21-8-11-23(47-4)12-9-21)35-40-29(33(51-35)36(45)46)27-25-16-38-19(2)17-42(25)30(28(27)37)34(44)39-15-22-10-13-24(48-5)14-26(22)49-6/h8-14,16-17H,7,15,18H2,1-6H3,(H,39,44)(H,45,46). The third-order valence-corrected chi connectivity index (χ3v) is 8.21. The molecule has 0 unspecified atom stereocenters. The Hall–Kier alpha value is -6.38. The molecule has 0 radical (unpaired) electrons. The lowest BCUT2D eigenvalue weighted by Gasteiger charge is -2.11. The minimum atomic E-state index is -1.50. The summed E-state index contributed by atoms with van der Waals surface area (Å²) >= 11 is 0. The number of hydrogen-bond acceptors (Lipinski definition) is 10. The van der Waals surface area contributed by atoms with Crippen molar-refractivity contribution in [3.05, 3.63) is 94.6 Å². The van der Waals surface area contributed by atoms with Gasteiger partial charge in [0.25, 0.3) is 5.91 Å². The van der Waals surface area contributed by atoms with Crippen LogP contribution < -0.4 is 24.3 Å². The number of methoxy groups -OCH3 is 3. The molecule has 0 aliphatic rings. The van der Waals surface area contributed by atoms with Gasteiger partial charge in [0.2, 0.25) is 11.7 Å². The van der Waals surface area contributed by atoms with Crippen LogP contribution in [0.5, 0.6) is 23.0 Å². The van der Waals surface area contributed by atoms with Crippen LogP contribution in [0.25, 0.3) is 28.4 Å². The van der Waals surface area contributed by atoms with Gasteiger partial charge in [0.05, 0.1) is 44.3 Å². The highest BCUT2D eigenvalue weighted by Gasteiger charge is 2.33. The van der Waals surface area contributed by atoms with E-state index in [2.05, 4.69) is 20.4 Å². The van der Waals surface area contributed by atoms with Gasteiger partial charge in [-0.3, -0.25) is 14.5 Å². The smallest absolute Gasteiger partial charge is 0.374 e. The van der Waals surface area contributed by atoms with Crippen LogP contribution in [-0.2, 0) is 19.7 Å². The number of aromatic nitrogens is 5. The minimum absolute atomic E-state index is 0.00772. The number of aromatic carboxylic acids is 1. The van der Waals surface area contributed by atoms with E-state index in [9.17, 15) is 14.7 Å². The number of carboxylic acids is 1. The molecule has 2 aromatic carbocycles. The van der Waals surface area contributed by atoms with Crippen molar-refractivity contribution >= 4 is 17.4 Å². The van der Waals surface area contributed by atoms with Gasteiger partial charge in [0, 0.05) is 30.9 Å². The molecule has 0 aliphatic heterocycles. The number of hydrogen-bond donors (Lipinski definition) is 2. The highest BCUT2D eigenvalue weighted by molar-refractivity contribution is 6.01. The van der Waals surface area contributed by atoms with Crippen LogP contribution in [0.15, 0.2) is 59.3 Å². The van der Waals surface area contributed by atoms with Gasteiger partial charge >= 0.3 is 5.97 Å². The Balaban J connectivity index is 1.42. The zero-order valence-corrected chi connectivity index (χ0v) is 28.7. The molecule has 14 nitrogen and oxygen atoms in total. The SMILES string of the molecule is CCn1nc(C)c(OCc2ccc(OC)cc2)c1-c1nc(-c2c(F)c(C(=O)NCc3ccc(OC)cc3OC)n3cc(C)ncc23)c(C(=O)O)o1. The van der Waals surface area contributed by atoms with E-state index in [1.807, 2.05) is 19.1 Å². The predicted octanol–water partition coefficient (Wildman–Crippen LogP) is 5.86. The van der Waals surface area contributed by atoms with E-state index in [-0.39, 0.29) is 47.2 Å². The van der Waals surface area contributed by atoms with Crippen molar-refractivity contribution in [3.63, 3.8) is 0 Å². The summed E-state index contributed by atoms with van der Waals surface area (Å²) in [6, 6.07) is 12.4. The maximum absolute atomic E-state index is 16.7. The van der Waals surface area contributed by atoms with Crippen molar-refractivity contribution in [1.82, 2.24) is 29.5 Å². The maximum Gasteiger partial charge on any atom is 0.374 e. The highest BCUT2D eigenvalue weighted by Crippen LogP contribution is 2.40. The molecule has 6 aromatic rings. The van der Waals surface area contributed by atoms with E-state index in [1.165, 1.54) is 31.0 Å². The quantitative estimate of drug-likeness (QED) is 0.148. The summed E-state index contributed by atoms with van der Waals surface area (Å²) in [6.45, 7) is 5.76. The van der Waals surface area contributed by atoms with E-state index in [4.69, 9.17) is 23.4 Å². The number of benzene rings is 2. The van der Waals surface area contributed by atoms with Crippen molar-refractivity contribution in [1.29, 1.82) is 0 Å². The van der Waals surface area contributed by atoms with E-state index >= 15 is 4.39 Å². The molecule has 0 spiro atoms. The van der Waals surface area contributed by atoms with Crippen LogP contribution in [-0.4, -0.2) is 62.5 Å². The van der Waals surface area contributed by atoms with E-state index < -0.39 is 23.5 Å². The molecule has 0 aliphatic carbocycles. The Morgan fingerprint density at radius 3 is 2.41 bits per heavy atom. The molecule has 0 fully saturated rings. The van der Waals surface area contributed by atoms with Gasteiger partial charge in [-0.1, -0.05) is 12.1 Å². The molecular formula is C36H35FN6O8. The highest BCUT2D eigenvalue weighted by atomic mass is 19.1. The summed E-state index contributed by atoms with van der Waals surface area (Å²) in [5.74, 6) is -2.06. The van der Waals surface area contributed by atoms with Crippen LogP contribution in [0, 0.1) is 19.7 Å². The van der Waals surface area contributed by atoms with Crippen LogP contribution in [0.2, 0.25) is 0 Å². The number of aryl methyl sites for hydroxylation is 3. The molecule has 2 N–H and O–H groups in total. The largest absolute Gasteiger partial charge is 0.497 e. The lowest BCUT2D eigenvalue weighted by molar-refractivity contribution is 0.0664. The number of carbonyl (C=O) groups is 2. The number of ether oxygens (including phenoxy) is 4. The molecule has 1 amide bonds. The van der Waals surface area contributed by atoms with Gasteiger partial charge in [0.15, 0.2) is 17.3 Å². The molecule has 0 saturated heterocycles. The van der Waals surface area contributed by atoms with Gasteiger partial charge in [0.1, 0.15) is 40.9 Å². The molecule has 0 bridgehead atoms. The number of halogens is 1. The molecule has 15 heteroatoms. The molecular weight excluding hydrogens is 663 g/mol. The van der Waals surface area contributed by atoms with Gasteiger partial charge in [-0.05, 0) is 50.6 Å². The molecule has 4 heterocycles. The first-order chi connectivity index (χ1) is 24.6. The second kappa shape index (κ2) is 14.2. The second-order valence-corrected chi connectivity index (χ2v) is 11.4. The van der Waals surface area contributed by atoms with Crippen molar-refractivity contribution in [3.8, 4) is 45.8 Å².